The summed E-state index contributed by atoms with van der Waals surface area (Å²) in [6.45, 7) is 2.79. The van der Waals surface area contributed by atoms with E-state index in [1.54, 1.807) is 6.08 Å². The Morgan fingerprint density at radius 3 is 2.48 bits per heavy atom. The number of hydrogen-bond acceptors (Lipinski definition) is 4. The zero-order valence-electron chi connectivity index (χ0n) is 14.6. The minimum Gasteiger partial charge on any atom is -0.488 e. The minimum absolute atomic E-state index is 0.222. The Hall–Kier alpha value is -1.57. The summed E-state index contributed by atoms with van der Waals surface area (Å²) in [5.74, 6) is 0.411. The Morgan fingerprint density at radius 2 is 1.78 bits per heavy atom. The second-order valence-electron chi connectivity index (χ2n) is 5.93. The van der Waals surface area contributed by atoms with Gasteiger partial charge in [0, 0.05) is 21.1 Å². The lowest BCUT2D eigenvalue weighted by molar-refractivity contribution is -0.122. The lowest BCUT2D eigenvalue weighted by Crippen LogP contribution is -2.28. The van der Waals surface area contributed by atoms with Gasteiger partial charge in [0.1, 0.15) is 12.4 Å². The van der Waals surface area contributed by atoms with Crippen LogP contribution in [-0.4, -0.2) is 22.6 Å². The highest BCUT2D eigenvalue weighted by Gasteiger charge is 2.34. The third-order valence-electron chi connectivity index (χ3n) is 3.89. The number of carbonyl (C=O) groups is 2. The molecule has 1 aliphatic rings. The number of amides is 2. The van der Waals surface area contributed by atoms with E-state index in [2.05, 4.69) is 31.9 Å². The average Bonchev–Trinajstić information content (AvgIpc) is 2.90. The molecule has 27 heavy (non-hydrogen) atoms. The highest BCUT2D eigenvalue weighted by molar-refractivity contribution is 9.10. The molecule has 0 bridgehead atoms. The van der Waals surface area contributed by atoms with E-state index in [-0.39, 0.29) is 11.1 Å². The number of thioether (sulfide) groups is 1. The van der Waals surface area contributed by atoms with Crippen molar-refractivity contribution < 1.29 is 14.3 Å². The molecule has 0 N–H and O–H groups in total. The predicted octanol–water partition coefficient (Wildman–Crippen LogP) is 6.24. The Balaban J connectivity index is 1.83. The maximum atomic E-state index is 12.5. The van der Waals surface area contributed by atoms with Crippen LogP contribution in [0.15, 0.2) is 56.3 Å². The van der Waals surface area contributed by atoms with Gasteiger partial charge in [-0.25, -0.2) is 0 Å². The second kappa shape index (κ2) is 9.08. The normalized spacial score (nSPS) is 15.7. The van der Waals surface area contributed by atoms with E-state index in [1.165, 1.54) is 4.90 Å². The summed E-state index contributed by atoms with van der Waals surface area (Å²) in [6.07, 6.45) is 2.46. The van der Waals surface area contributed by atoms with Crippen LogP contribution in [-0.2, 0) is 11.4 Å². The highest BCUT2D eigenvalue weighted by atomic mass is 79.9. The van der Waals surface area contributed by atoms with Crippen molar-refractivity contribution in [2.75, 3.05) is 6.54 Å². The standard InChI is InChI=1S/C20H17Br2NO3S/c1-2-9-23-19(24)18(27-20(23)25)11-14-10-16(22)7-8-17(14)26-12-13-3-5-15(21)6-4-13/h3-8,10-11H,2,9,12H2,1H3/b18-11+. The topological polar surface area (TPSA) is 46.6 Å². The molecule has 2 aromatic rings. The summed E-state index contributed by atoms with van der Waals surface area (Å²) in [6, 6.07) is 13.5. The number of carbonyl (C=O) groups excluding carboxylic acids is 2. The number of halogens is 2. The van der Waals surface area contributed by atoms with Gasteiger partial charge >= 0.3 is 0 Å². The smallest absolute Gasteiger partial charge is 0.293 e. The summed E-state index contributed by atoms with van der Waals surface area (Å²) in [5.41, 5.74) is 1.79. The molecule has 0 saturated carbocycles. The zero-order valence-corrected chi connectivity index (χ0v) is 18.6. The van der Waals surface area contributed by atoms with Crippen molar-refractivity contribution in [3.05, 3.63) is 67.4 Å². The fourth-order valence-electron chi connectivity index (χ4n) is 2.56. The molecular formula is C20H17Br2NO3S. The minimum atomic E-state index is -0.245. The van der Waals surface area contributed by atoms with Crippen LogP contribution in [0.4, 0.5) is 4.79 Å². The number of rotatable bonds is 6. The van der Waals surface area contributed by atoms with Gasteiger partial charge in [0.15, 0.2) is 0 Å². The lowest BCUT2D eigenvalue weighted by Gasteiger charge is -2.11. The Bertz CT molecular complexity index is 897. The maximum Gasteiger partial charge on any atom is 0.293 e. The van der Waals surface area contributed by atoms with Crippen molar-refractivity contribution in [2.45, 2.75) is 20.0 Å². The zero-order chi connectivity index (χ0) is 19.4. The van der Waals surface area contributed by atoms with Crippen molar-refractivity contribution >= 4 is 60.8 Å². The van der Waals surface area contributed by atoms with Crippen LogP contribution in [0.1, 0.15) is 24.5 Å². The van der Waals surface area contributed by atoms with E-state index in [9.17, 15) is 9.59 Å². The van der Waals surface area contributed by atoms with Crippen LogP contribution in [0, 0.1) is 0 Å². The quantitative estimate of drug-likeness (QED) is 0.431. The molecule has 1 saturated heterocycles. The third-order valence-corrected chi connectivity index (χ3v) is 5.82. The van der Waals surface area contributed by atoms with Crippen LogP contribution in [0.5, 0.6) is 5.75 Å². The molecule has 3 rings (SSSR count). The number of benzene rings is 2. The van der Waals surface area contributed by atoms with Crippen LogP contribution in [0.3, 0.4) is 0 Å². The summed E-state index contributed by atoms with van der Waals surface area (Å²) >= 11 is 7.84. The van der Waals surface area contributed by atoms with E-state index in [4.69, 9.17) is 4.74 Å². The maximum absolute atomic E-state index is 12.5. The molecule has 0 unspecified atom stereocenters. The van der Waals surface area contributed by atoms with E-state index < -0.39 is 0 Å². The van der Waals surface area contributed by atoms with Crippen molar-refractivity contribution in [1.82, 2.24) is 4.90 Å². The largest absolute Gasteiger partial charge is 0.488 e. The van der Waals surface area contributed by atoms with Crippen LogP contribution >= 0.6 is 43.6 Å². The highest BCUT2D eigenvalue weighted by Crippen LogP contribution is 2.35. The molecule has 1 fully saturated rings. The van der Waals surface area contributed by atoms with E-state index in [0.29, 0.717) is 23.8 Å². The number of ether oxygens (including phenoxy) is 1. The summed E-state index contributed by atoms with van der Waals surface area (Å²) < 4.78 is 7.85. The van der Waals surface area contributed by atoms with Gasteiger partial charge in [0.05, 0.1) is 4.91 Å². The van der Waals surface area contributed by atoms with Crippen LogP contribution in [0.2, 0.25) is 0 Å². The Labute approximate surface area is 179 Å². The average molecular weight is 511 g/mol. The van der Waals surface area contributed by atoms with Crippen LogP contribution < -0.4 is 4.74 Å². The Morgan fingerprint density at radius 1 is 1.07 bits per heavy atom. The number of nitrogens with zero attached hydrogens (tertiary/aromatic N) is 1. The van der Waals surface area contributed by atoms with Gasteiger partial charge in [-0.05, 0) is 60.2 Å². The first-order valence-electron chi connectivity index (χ1n) is 8.40. The molecule has 0 atom stereocenters. The van der Waals surface area contributed by atoms with E-state index in [1.807, 2.05) is 49.4 Å². The molecule has 2 amide bonds. The van der Waals surface area contributed by atoms with Crippen LogP contribution in [0.25, 0.3) is 6.08 Å². The first-order chi connectivity index (χ1) is 13.0. The fourth-order valence-corrected chi connectivity index (χ4v) is 4.06. The molecular weight excluding hydrogens is 494 g/mol. The summed E-state index contributed by atoms with van der Waals surface area (Å²) in [4.78, 5) is 26.2. The molecule has 0 radical (unpaired) electrons. The van der Waals surface area contributed by atoms with Gasteiger partial charge in [-0.2, -0.15) is 0 Å². The number of imide groups is 1. The first kappa shape index (κ1) is 20.2. The van der Waals surface area contributed by atoms with Gasteiger partial charge < -0.3 is 4.74 Å². The van der Waals surface area contributed by atoms with Gasteiger partial charge in [0.25, 0.3) is 11.1 Å². The fraction of sp³-hybridized carbons (Fsp3) is 0.200. The second-order valence-corrected chi connectivity index (χ2v) is 8.76. The third kappa shape index (κ3) is 5.03. The van der Waals surface area contributed by atoms with Gasteiger partial charge in [-0.15, -0.1) is 0 Å². The molecule has 0 aliphatic carbocycles. The molecule has 7 heteroatoms. The van der Waals surface area contributed by atoms with E-state index >= 15 is 0 Å². The van der Waals surface area contributed by atoms with Crippen molar-refractivity contribution in [2.24, 2.45) is 0 Å². The SMILES string of the molecule is CCCN1C(=O)S/C(=C/c2cc(Br)ccc2OCc2ccc(Br)cc2)C1=O. The molecule has 0 spiro atoms. The number of hydrogen-bond donors (Lipinski definition) is 0. The molecule has 2 aromatic carbocycles. The first-order valence-corrected chi connectivity index (χ1v) is 10.8. The Kier molecular flexibility index (Phi) is 6.78. The van der Waals surface area contributed by atoms with E-state index in [0.717, 1.165) is 38.3 Å². The monoisotopic (exact) mass is 509 g/mol. The molecule has 4 nitrogen and oxygen atoms in total. The molecule has 1 heterocycles. The van der Waals surface area contributed by atoms with Gasteiger partial charge in [-0.1, -0.05) is 50.9 Å². The van der Waals surface area contributed by atoms with Crippen molar-refractivity contribution in [1.29, 1.82) is 0 Å². The molecule has 1 aliphatic heterocycles. The van der Waals surface area contributed by atoms with Crippen molar-refractivity contribution in [3.8, 4) is 5.75 Å². The van der Waals surface area contributed by atoms with Gasteiger partial charge in [0.2, 0.25) is 0 Å². The molecule has 140 valence electrons. The lowest BCUT2D eigenvalue weighted by atomic mass is 10.1. The summed E-state index contributed by atoms with van der Waals surface area (Å²) in [5, 5.41) is -0.222. The van der Waals surface area contributed by atoms with Crippen molar-refractivity contribution in [3.63, 3.8) is 0 Å². The summed E-state index contributed by atoms with van der Waals surface area (Å²) in [7, 11) is 0. The molecule has 0 aromatic heterocycles. The van der Waals surface area contributed by atoms with Gasteiger partial charge in [-0.3, -0.25) is 14.5 Å². The predicted molar refractivity (Wildman–Crippen MR) is 116 cm³/mol.